The Hall–Kier alpha value is -1.23. The van der Waals surface area contributed by atoms with Crippen LogP contribution in [0.25, 0.3) is 20.9 Å². The maximum Gasteiger partial charge on any atom is 0.160 e. The van der Waals surface area contributed by atoms with E-state index in [-0.39, 0.29) is 0 Å². The van der Waals surface area contributed by atoms with Gasteiger partial charge in [-0.25, -0.2) is 0 Å². The van der Waals surface area contributed by atoms with Gasteiger partial charge in [0.15, 0.2) is 6.29 Å². The molecule has 0 bridgehead atoms. The van der Waals surface area contributed by atoms with Gasteiger partial charge < -0.3 is 0 Å². The molecule has 3 aromatic rings. The maximum atomic E-state index is 11.1. The van der Waals surface area contributed by atoms with E-state index in [1.54, 1.807) is 22.7 Å². The van der Waals surface area contributed by atoms with Gasteiger partial charge in [-0.05, 0) is 22.9 Å². The van der Waals surface area contributed by atoms with Crippen LogP contribution in [0.3, 0.4) is 0 Å². The predicted octanol–water partition coefficient (Wildman–Crippen LogP) is 5.02. The Kier molecular flexibility index (Phi) is 2.93. The normalized spacial score (nSPS) is 10.6. The molecule has 0 amide bonds. The lowest BCUT2D eigenvalue weighted by Gasteiger charge is -2.00. The zero-order valence-electron chi connectivity index (χ0n) is 8.75. The Morgan fingerprint density at radius 3 is 2.24 bits per heavy atom. The third-order valence-corrected chi connectivity index (χ3v) is 5.18. The Bertz CT molecular complexity index is 618. The van der Waals surface area contributed by atoms with Crippen molar-refractivity contribution < 1.29 is 4.79 Å². The quantitative estimate of drug-likeness (QED) is 0.614. The molecule has 0 aliphatic rings. The van der Waals surface area contributed by atoms with Crippen molar-refractivity contribution >= 4 is 40.3 Å². The third kappa shape index (κ3) is 1.88. The molecule has 3 heterocycles. The Morgan fingerprint density at radius 1 is 0.941 bits per heavy atom. The first-order chi connectivity index (χ1) is 8.40. The summed E-state index contributed by atoms with van der Waals surface area (Å²) < 4.78 is 0. The lowest BCUT2D eigenvalue weighted by atomic mass is 10.1. The Morgan fingerprint density at radius 2 is 1.65 bits per heavy atom. The van der Waals surface area contributed by atoms with Crippen molar-refractivity contribution in [1.29, 1.82) is 0 Å². The molecule has 3 aromatic heterocycles. The molecule has 4 heteroatoms. The lowest BCUT2D eigenvalue weighted by molar-refractivity contribution is 0.112. The maximum absolute atomic E-state index is 11.1. The van der Waals surface area contributed by atoms with Gasteiger partial charge in [-0.3, -0.25) is 4.79 Å². The molecule has 84 valence electrons. The van der Waals surface area contributed by atoms with E-state index in [0.29, 0.717) is 0 Å². The Labute approximate surface area is 111 Å². The number of aldehydes is 1. The van der Waals surface area contributed by atoms with Crippen LogP contribution in [0.4, 0.5) is 0 Å². The van der Waals surface area contributed by atoms with Crippen molar-refractivity contribution in [3.63, 3.8) is 0 Å². The van der Waals surface area contributed by atoms with E-state index in [9.17, 15) is 4.79 Å². The molecule has 17 heavy (non-hydrogen) atoms. The van der Waals surface area contributed by atoms with Gasteiger partial charge in [0.1, 0.15) is 0 Å². The summed E-state index contributed by atoms with van der Waals surface area (Å²) in [7, 11) is 0. The van der Waals surface area contributed by atoms with Crippen LogP contribution in [0.5, 0.6) is 0 Å². The molecule has 0 spiro atoms. The minimum atomic E-state index is 0.816. The molecule has 0 aromatic carbocycles. The van der Waals surface area contributed by atoms with Gasteiger partial charge in [-0.2, -0.15) is 0 Å². The summed E-state index contributed by atoms with van der Waals surface area (Å²) in [6, 6.07) is 8.22. The molecule has 0 unspecified atom stereocenters. The number of carbonyl (C=O) groups excluding carboxylic acids is 1. The second-order valence-electron chi connectivity index (χ2n) is 3.46. The van der Waals surface area contributed by atoms with Crippen molar-refractivity contribution in [3.05, 3.63) is 45.3 Å². The van der Waals surface area contributed by atoms with E-state index in [1.165, 1.54) is 21.8 Å². The summed E-state index contributed by atoms with van der Waals surface area (Å²) >= 11 is 4.90. The van der Waals surface area contributed by atoms with Gasteiger partial charge in [0, 0.05) is 26.3 Å². The van der Waals surface area contributed by atoms with Crippen molar-refractivity contribution in [3.8, 4) is 20.9 Å². The van der Waals surface area contributed by atoms with Crippen LogP contribution in [0.2, 0.25) is 0 Å². The van der Waals surface area contributed by atoms with Gasteiger partial charge in [-0.15, -0.1) is 34.0 Å². The number of carbonyl (C=O) groups is 1. The highest BCUT2D eigenvalue weighted by Crippen LogP contribution is 2.41. The molecule has 0 saturated carbocycles. The highest BCUT2D eigenvalue weighted by molar-refractivity contribution is 7.17. The number of rotatable bonds is 3. The Balaban J connectivity index is 2.24. The molecular formula is C13H8OS3. The van der Waals surface area contributed by atoms with Crippen LogP contribution >= 0.6 is 34.0 Å². The molecule has 0 saturated heterocycles. The first-order valence-corrected chi connectivity index (χ1v) is 7.68. The fourth-order valence-corrected chi connectivity index (χ4v) is 4.32. The second-order valence-corrected chi connectivity index (χ2v) is 6.27. The van der Waals surface area contributed by atoms with E-state index < -0.39 is 0 Å². The average Bonchev–Trinajstić information content (AvgIpc) is 3.09. The van der Waals surface area contributed by atoms with E-state index in [1.807, 2.05) is 17.5 Å². The molecule has 0 radical (unpaired) electrons. The molecule has 1 nitrogen and oxygen atoms in total. The first kappa shape index (κ1) is 10.9. The smallest absolute Gasteiger partial charge is 0.160 e. The predicted molar refractivity (Wildman–Crippen MR) is 76.3 cm³/mol. The average molecular weight is 276 g/mol. The molecule has 0 atom stereocenters. The summed E-state index contributed by atoms with van der Waals surface area (Å²) in [6.45, 7) is 0. The summed E-state index contributed by atoms with van der Waals surface area (Å²) in [5.74, 6) is 0. The van der Waals surface area contributed by atoms with Crippen LogP contribution < -0.4 is 0 Å². The van der Waals surface area contributed by atoms with Gasteiger partial charge in [0.05, 0.1) is 4.88 Å². The zero-order valence-corrected chi connectivity index (χ0v) is 11.2. The minimum Gasteiger partial charge on any atom is -0.297 e. The number of thiophene rings is 3. The molecule has 0 aliphatic carbocycles. The largest absolute Gasteiger partial charge is 0.297 e. The lowest BCUT2D eigenvalue weighted by Crippen LogP contribution is -1.79. The van der Waals surface area contributed by atoms with E-state index >= 15 is 0 Å². The standard InChI is InChI=1S/C13H8OS3/c14-7-12-13(11-4-2-6-16-11)9(8-17-12)10-3-1-5-15-10/h1-8H. The van der Waals surface area contributed by atoms with Gasteiger partial charge in [0.2, 0.25) is 0 Å². The summed E-state index contributed by atoms with van der Waals surface area (Å²) in [5.41, 5.74) is 2.26. The van der Waals surface area contributed by atoms with E-state index in [2.05, 4.69) is 22.9 Å². The molecule has 0 aliphatic heterocycles. The number of hydrogen-bond acceptors (Lipinski definition) is 4. The highest BCUT2D eigenvalue weighted by atomic mass is 32.1. The van der Waals surface area contributed by atoms with Crippen molar-refractivity contribution in [2.75, 3.05) is 0 Å². The highest BCUT2D eigenvalue weighted by Gasteiger charge is 2.15. The van der Waals surface area contributed by atoms with Crippen molar-refractivity contribution in [1.82, 2.24) is 0 Å². The first-order valence-electron chi connectivity index (χ1n) is 5.04. The van der Waals surface area contributed by atoms with Gasteiger partial charge in [-0.1, -0.05) is 12.1 Å². The third-order valence-electron chi connectivity index (χ3n) is 2.48. The molecular weight excluding hydrogens is 268 g/mol. The SMILES string of the molecule is O=Cc1scc(-c2cccs2)c1-c1cccs1. The zero-order chi connectivity index (χ0) is 11.7. The molecule has 0 fully saturated rings. The van der Waals surface area contributed by atoms with Crippen LogP contribution in [0, 0.1) is 0 Å². The fourth-order valence-electron chi connectivity index (χ4n) is 1.75. The summed E-state index contributed by atoms with van der Waals surface area (Å²) in [5, 5.41) is 6.18. The summed E-state index contributed by atoms with van der Waals surface area (Å²) in [4.78, 5) is 14.3. The fraction of sp³-hybridized carbons (Fsp3) is 0. The second kappa shape index (κ2) is 4.56. The molecule has 0 N–H and O–H groups in total. The van der Waals surface area contributed by atoms with E-state index in [0.717, 1.165) is 21.6 Å². The minimum absolute atomic E-state index is 0.816. The van der Waals surface area contributed by atoms with Gasteiger partial charge in [0.25, 0.3) is 0 Å². The number of hydrogen-bond donors (Lipinski definition) is 0. The van der Waals surface area contributed by atoms with Crippen LogP contribution in [-0.4, -0.2) is 6.29 Å². The van der Waals surface area contributed by atoms with E-state index in [4.69, 9.17) is 0 Å². The molecule has 3 rings (SSSR count). The van der Waals surface area contributed by atoms with Gasteiger partial charge >= 0.3 is 0 Å². The monoisotopic (exact) mass is 276 g/mol. The van der Waals surface area contributed by atoms with Crippen molar-refractivity contribution in [2.45, 2.75) is 0 Å². The summed E-state index contributed by atoms with van der Waals surface area (Å²) in [6.07, 6.45) is 0.955. The topological polar surface area (TPSA) is 17.1 Å². The van der Waals surface area contributed by atoms with Crippen LogP contribution in [0.1, 0.15) is 9.67 Å². The van der Waals surface area contributed by atoms with Crippen molar-refractivity contribution in [2.24, 2.45) is 0 Å². The van der Waals surface area contributed by atoms with Crippen LogP contribution in [0.15, 0.2) is 40.4 Å². The van der Waals surface area contributed by atoms with Crippen LogP contribution in [-0.2, 0) is 0 Å².